The van der Waals surface area contributed by atoms with E-state index < -0.39 is 11.6 Å². The molecule has 19 heavy (non-hydrogen) atoms. The largest absolute Gasteiger partial charge is 0.357 e. The van der Waals surface area contributed by atoms with Crippen LogP contribution in [0.4, 0.5) is 20.7 Å². The van der Waals surface area contributed by atoms with Crippen molar-refractivity contribution in [2.75, 3.05) is 31.4 Å². The second kappa shape index (κ2) is 5.13. The van der Waals surface area contributed by atoms with Gasteiger partial charge in [0.25, 0.3) is 0 Å². The van der Waals surface area contributed by atoms with Crippen molar-refractivity contribution in [3.8, 4) is 11.4 Å². The molecule has 0 unspecified atom stereocenters. The van der Waals surface area contributed by atoms with Crippen molar-refractivity contribution < 1.29 is 8.78 Å². The lowest BCUT2D eigenvalue weighted by molar-refractivity contribution is 0.584. The van der Waals surface area contributed by atoms with E-state index in [2.05, 4.69) is 20.3 Å². The first kappa shape index (κ1) is 13.1. The second-order valence-electron chi connectivity index (χ2n) is 4.09. The summed E-state index contributed by atoms with van der Waals surface area (Å²) < 4.78 is 26.4. The van der Waals surface area contributed by atoms with Crippen LogP contribution in [0.15, 0.2) is 18.2 Å². The molecular formula is C12H13F2N5. The van der Waals surface area contributed by atoms with Gasteiger partial charge in [-0.1, -0.05) is 0 Å². The van der Waals surface area contributed by atoms with Crippen molar-refractivity contribution in [3.05, 3.63) is 29.8 Å². The topological polar surface area (TPSA) is 53.9 Å². The van der Waals surface area contributed by atoms with Crippen LogP contribution in [0, 0.1) is 11.6 Å². The predicted octanol–water partition coefficient (Wildman–Crippen LogP) is 1.92. The van der Waals surface area contributed by atoms with Gasteiger partial charge in [-0.15, -0.1) is 0 Å². The first-order valence-electron chi connectivity index (χ1n) is 5.57. The zero-order valence-corrected chi connectivity index (χ0v) is 10.8. The summed E-state index contributed by atoms with van der Waals surface area (Å²) >= 11 is 0. The van der Waals surface area contributed by atoms with Gasteiger partial charge in [-0.05, 0) is 12.1 Å². The number of halogens is 2. The average Bonchev–Trinajstić information content (AvgIpc) is 2.37. The van der Waals surface area contributed by atoms with Gasteiger partial charge in [-0.3, -0.25) is 0 Å². The highest BCUT2D eigenvalue weighted by atomic mass is 19.1. The van der Waals surface area contributed by atoms with Crippen LogP contribution in [0.5, 0.6) is 0 Å². The number of hydrogen-bond donors (Lipinski definition) is 1. The van der Waals surface area contributed by atoms with Crippen LogP contribution in [0.25, 0.3) is 11.4 Å². The zero-order chi connectivity index (χ0) is 14.0. The van der Waals surface area contributed by atoms with E-state index >= 15 is 0 Å². The van der Waals surface area contributed by atoms with E-state index in [-0.39, 0.29) is 11.4 Å². The van der Waals surface area contributed by atoms with E-state index in [0.29, 0.717) is 11.9 Å². The molecule has 7 heteroatoms. The van der Waals surface area contributed by atoms with Crippen molar-refractivity contribution in [1.29, 1.82) is 0 Å². The molecule has 100 valence electrons. The minimum absolute atomic E-state index is 0.210. The van der Waals surface area contributed by atoms with Gasteiger partial charge in [-0.25, -0.2) is 8.78 Å². The van der Waals surface area contributed by atoms with Crippen LogP contribution in [0.1, 0.15) is 0 Å². The monoisotopic (exact) mass is 265 g/mol. The lowest BCUT2D eigenvalue weighted by Crippen LogP contribution is -2.15. The molecule has 0 aliphatic rings. The standard InChI is InChI=1S/C12H13F2N5/c1-15-11-16-10(17-12(18-11)19(2)3)7-4-8(13)6-9(14)5-7/h4-6H,1-3H3,(H,15,16,17,18). The Morgan fingerprint density at radius 3 is 2.16 bits per heavy atom. The van der Waals surface area contributed by atoms with Gasteiger partial charge in [0.15, 0.2) is 5.82 Å². The van der Waals surface area contributed by atoms with Crippen molar-refractivity contribution in [2.45, 2.75) is 0 Å². The predicted molar refractivity (Wildman–Crippen MR) is 69.1 cm³/mol. The maximum Gasteiger partial charge on any atom is 0.230 e. The Morgan fingerprint density at radius 1 is 1.00 bits per heavy atom. The maximum absolute atomic E-state index is 13.2. The lowest BCUT2D eigenvalue weighted by atomic mass is 10.2. The molecule has 0 amide bonds. The van der Waals surface area contributed by atoms with Gasteiger partial charge in [0.2, 0.25) is 11.9 Å². The summed E-state index contributed by atoms with van der Waals surface area (Å²) in [5.41, 5.74) is 0.263. The van der Waals surface area contributed by atoms with Crippen molar-refractivity contribution in [1.82, 2.24) is 15.0 Å². The Balaban J connectivity index is 2.57. The minimum atomic E-state index is -0.673. The molecule has 1 N–H and O–H groups in total. The fourth-order valence-corrected chi connectivity index (χ4v) is 1.49. The normalized spacial score (nSPS) is 10.4. The first-order valence-corrected chi connectivity index (χ1v) is 5.57. The van der Waals surface area contributed by atoms with Crippen molar-refractivity contribution in [3.63, 3.8) is 0 Å². The summed E-state index contributed by atoms with van der Waals surface area (Å²) in [6, 6.07) is 3.16. The number of aromatic nitrogens is 3. The summed E-state index contributed by atoms with van der Waals surface area (Å²) in [5.74, 6) is -0.403. The molecule has 0 aliphatic heterocycles. The summed E-state index contributed by atoms with van der Waals surface area (Å²) in [6.07, 6.45) is 0. The highest BCUT2D eigenvalue weighted by molar-refractivity contribution is 5.58. The lowest BCUT2D eigenvalue weighted by Gasteiger charge is -2.12. The third-order valence-corrected chi connectivity index (χ3v) is 2.37. The molecule has 1 aromatic heterocycles. The molecular weight excluding hydrogens is 252 g/mol. The minimum Gasteiger partial charge on any atom is -0.357 e. The van der Waals surface area contributed by atoms with Gasteiger partial charge >= 0.3 is 0 Å². The molecule has 0 aliphatic carbocycles. The summed E-state index contributed by atoms with van der Waals surface area (Å²) in [7, 11) is 5.19. The summed E-state index contributed by atoms with van der Waals surface area (Å²) in [5, 5.41) is 2.79. The van der Waals surface area contributed by atoms with E-state index in [4.69, 9.17) is 0 Å². The van der Waals surface area contributed by atoms with Crippen LogP contribution >= 0.6 is 0 Å². The Hall–Kier alpha value is -2.31. The number of anilines is 2. The molecule has 1 aromatic carbocycles. The third kappa shape index (κ3) is 2.93. The Morgan fingerprint density at radius 2 is 1.63 bits per heavy atom. The highest BCUT2D eigenvalue weighted by Gasteiger charge is 2.11. The van der Waals surface area contributed by atoms with Gasteiger partial charge in [0.05, 0.1) is 0 Å². The van der Waals surface area contributed by atoms with E-state index in [0.717, 1.165) is 6.07 Å². The van der Waals surface area contributed by atoms with Crippen LogP contribution in [0.3, 0.4) is 0 Å². The van der Waals surface area contributed by atoms with E-state index in [1.54, 1.807) is 26.0 Å². The van der Waals surface area contributed by atoms with E-state index in [1.807, 2.05) is 0 Å². The quantitative estimate of drug-likeness (QED) is 0.919. The molecule has 0 saturated carbocycles. The molecule has 0 fully saturated rings. The highest BCUT2D eigenvalue weighted by Crippen LogP contribution is 2.20. The number of benzene rings is 1. The number of rotatable bonds is 3. The smallest absolute Gasteiger partial charge is 0.230 e. The van der Waals surface area contributed by atoms with Crippen molar-refractivity contribution in [2.24, 2.45) is 0 Å². The third-order valence-electron chi connectivity index (χ3n) is 2.37. The summed E-state index contributed by atoms with van der Waals surface area (Å²) in [4.78, 5) is 14.1. The SMILES string of the molecule is CNc1nc(-c2cc(F)cc(F)c2)nc(N(C)C)n1. The number of hydrogen-bond acceptors (Lipinski definition) is 5. The second-order valence-corrected chi connectivity index (χ2v) is 4.09. The van der Waals surface area contributed by atoms with Crippen LogP contribution in [-0.4, -0.2) is 36.1 Å². The van der Waals surface area contributed by atoms with E-state index in [1.165, 1.54) is 12.1 Å². The van der Waals surface area contributed by atoms with Crippen molar-refractivity contribution >= 4 is 11.9 Å². The van der Waals surface area contributed by atoms with Gasteiger partial charge < -0.3 is 10.2 Å². The molecule has 5 nitrogen and oxygen atoms in total. The molecule has 0 saturated heterocycles. The Kier molecular flexibility index (Phi) is 3.55. The molecule has 0 spiro atoms. The fraction of sp³-hybridized carbons (Fsp3) is 0.250. The zero-order valence-electron chi connectivity index (χ0n) is 10.8. The number of nitrogens with zero attached hydrogens (tertiary/aromatic N) is 4. The Labute approximate surface area is 109 Å². The molecule has 0 atom stereocenters. The van der Waals surface area contributed by atoms with Crippen LogP contribution < -0.4 is 10.2 Å². The first-order chi connectivity index (χ1) is 8.99. The van der Waals surface area contributed by atoms with E-state index in [9.17, 15) is 8.78 Å². The maximum atomic E-state index is 13.2. The molecule has 0 bridgehead atoms. The summed E-state index contributed by atoms with van der Waals surface area (Å²) in [6.45, 7) is 0. The molecule has 1 heterocycles. The Bertz CT molecular complexity index is 580. The van der Waals surface area contributed by atoms with Gasteiger partial charge in [0, 0.05) is 32.8 Å². The molecule has 2 rings (SSSR count). The number of nitrogens with one attached hydrogen (secondary N) is 1. The van der Waals surface area contributed by atoms with Crippen LogP contribution in [-0.2, 0) is 0 Å². The average molecular weight is 265 g/mol. The van der Waals surface area contributed by atoms with Crippen LogP contribution in [0.2, 0.25) is 0 Å². The fourth-order valence-electron chi connectivity index (χ4n) is 1.49. The molecule has 2 aromatic rings. The van der Waals surface area contributed by atoms with Gasteiger partial charge in [-0.2, -0.15) is 15.0 Å². The molecule has 0 radical (unpaired) electrons. The van der Waals surface area contributed by atoms with Gasteiger partial charge in [0.1, 0.15) is 11.6 Å².